The number of piperidine rings is 1. The van der Waals surface area contributed by atoms with E-state index in [-0.39, 0.29) is 5.91 Å². The number of methoxy groups -OCH3 is 1. The minimum absolute atomic E-state index is 0.0354. The highest BCUT2D eigenvalue weighted by Gasteiger charge is 2.16. The molecule has 1 amide bonds. The van der Waals surface area contributed by atoms with Crippen molar-refractivity contribution >= 4 is 5.91 Å². The quantitative estimate of drug-likeness (QED) is 0.842. The second-order valence-corrected chi connectivity index (χ2v) is 6.32. The van der Waals surface area contributed by atoms with E-state index in [1.807, 2.05) is 0 Å². The number of carbonyl (C=O) groups excluding carboxylic acids is 1. The van der Waals surface area contributed by atoms with Crippen LogP contribution in [0.5, 0.6) is 0 Å². The Kier molecular flexibility index (Phi) is 6.87. The number of likely N-dealkylation sites (tertiary alicyclic amines) is 1. The Morgan fingerprint density at radius 2 is 2.05 bits per heavy atom. The van der Waals surface area contributed by atoms with E-state index in [1.54, 1.807) is 7.11 Å². The maximum absolute atomic E-state index is 11.5. The first-order valence-electron chi connectivity index (χ1n) is 8.23. The number of nitrogens with zero attached hydrogens (tertiary/aromatic N) is 1. The molecule has 0 aliphatic carbocycles. The summed E-state index contributed by atoms with van der Waals surface area (Å²) in [5.74, 6) is 0.851. The summed E-state index contributed by atoms with van der Waals surface area (Å²) in [6, 6.07) is 8.57. The lowest BCUT2D eigenvalue weighted by atomic mass is 9.99. The van der Waals surface area contributed by atoms with Crippen LogP contribution in [0, 0.1) is 5.92 Å². The summed E-state index contributed by atoms with van der Waals surface area (Å²) in [4.78, 5) is 14.1. The fourth-order valence-corrected chi connectivity index (χ4v) is 2.93. The Labute approximate surface area is 133 Å². The van der Waals surface area contributed by atoms with Gasteiger partial charge in [-0.25, -0.2) is 0 Å². The Balaban J connectivity index is 1.76. The molecule has 0 aromatic heterocycles. The van der Waals surface area contributed by atoms with Crippen molar-refractivity contribution < 1.29 is 9.53 Å². The molecule has 1 N–H and O–H groups in total. The second-order valence-electron chi connectivity index (χ2n) is 6.32. The number of nitrogens with one attached hydrogen (secondary N) is 1. The first-order valence-corrected chi connectivity index (χ1v) is 8.23. The van der Waals surface area contributed by atoms with E-state index in [4.69, 9.17) is 4.74 Å². The number of ether oxygens (including phenoxy) is 1. The molecule has 0 radical (unpaired) electrons. The lowest BCUT2D eigenvalue weighted by molar-refractivity contribution is -0.122. The fourth-order valence-electron chi connectivity index (χ4n) is 2.93. The van der Waals surface area contributed by atoms with Crippen LogP contribution in [-0.2, 0) is 22.6 Å². The monoisotopic (exact) mass is 304 g/mol. The third kappa shape index (κ3) is 5.78. The summed E-state index contributed by atoms with van der Waals surface area (Å²) in [5, 5.41) is 2.91. The zero-order valence-corrected chi connectivity index (χ0v) is 13.8. The maximum Gasteiger partial charge on any atom is 0.222 e. The molecule has 0 spiro atoms. The van der Waals surface area contributed by atoms with Crippen LogP contribution in [0.3, 0.4) is 0 Å². The van der Waals surface area contributed by atoms with Gasteiger partial charge in [-0.2, -0.15) is 0 Å². The summed E-state index contributed by atoms with van der Waals surface area (Å²) >= 11 is 0. The van der Waals surface area contributed by atoms with Gasteiger partial charge in [0.2, 0.25) is 5.91 Å². The fraction of sp³-hybridized carbons (Fsp3) is 0.611. The molecule has 1 aromatic carbocycles. The van der Waals surface area contributed by atoms with Gasteiger partial charge in [-0.1, -0.05) is 31.2 Å². The molecule has 122 valence electrons. The van der Waals surface area contributed by atoms with Crippen LogP contribution >= 0.6 is 0 Å². The average Bonchev–Trinajstić information content (AvgIpc) is 2.52. The number of carbonyl (C=O) groups is 1. The predicted octanol–water partition coefficient (Wildman–Crippen LogP) is 2.57. The van der Waals surface area contributed by atoms with Gasteiger partial charge < -0.3 is 10.1 Å². The van der Waals surface area contributed by atoms with Gasteiger partial charge in [-0.15, -0.1) is 0 Å². The number of benzene rings is 1. The van der Waals surface area contributed by atoms with Crippen molar-refractivity contribution in [1.29, 1.82) is 0 Å². The van der Waals surface area contributed by atoms with Crippen molar-refractivity contribution in [3.8, 4) is 0 Å². The largest absolute Gasteiger partial charge is 0.384 e. The molecule has 1 heterocycles. The smallest absolute Gasteiger partial charge is 0.222 e. The summed E-state index contributed by atoms with van der Waals surface area (Å²) in [6.07, 6.45) is 3.09. The second kappa shape index (κ2) is 8.91. The first kappa shape index (κ1) is 17.0. The summed E-state index contributed by atoms with van der Waals surface area (Å²) in [6.45, 7) is 6.84. The SMILES string of the molecule is COCCC(=O)NCc1ccc(CN2CCC[C@H](C)C2)cc1. The van der Waals surface area contributed by atoms with Gasteiger partial charge >= 0.3 is 0 Å². The average molecular weight is 304 g/mol. The third-order valence-corrected chi connectivity index (χ3v) is 4.19. The number of rotatable bonds is 7. The molecule has 0 unspecified atom stereocenters. The van der Waals surface area contributed by atoms with Gasteiger partial charge in [0, 0.05) is 33.2 Å². The van der Waals surface area contributed by atoms with E-state index in [0.717, 1.165) is 18.0 Å². The molecule has 1 saturated heterocycles. The van der Waals surface area contributed by atoms with E-state index in [0.29, 0.717) is 19.6 Å². The first-order chi connectivity index (χ1) is 10.7. The van der Waals surface area contributed by atoms with Gasteiger partial charge in [0.05, 0.1) is 6.61 Å². The highest BCUT2D eigenvalue weighted by Crippen LogP contribution is 2.18. The predicted molar refractivity (Wildman–Crippen MR) is 88.5 cm³/mol. The van der Waals surface area contributed by atoms with Crippen LogP contribution in [0.1, 0.15) is 37.3 Å². The Bertz CT molecular complexity index is 459. The molecule has 4 heteroatoms. The zero-order chi connectivity index (χ0) is 15.8. The van der Waals surface area contributed by atoms with Crippen molar-refractivity contribution in [1.82, 2.24) is 10.2 Å². The Morgan fingerprint density at radius 1 is 1.32 bits per heavy atom. The molecule has 1 aromatic rings. The molecule has 1 aliphatic rings. The molecule has 4 nitrogen and oxygen atoms in total. The molecule has 1 fully saturated rings. The Morgan fingerprint density at radius 3 is 2.73 bits per heavy atom. The molecule has 2 rings (SSSR count). The van der Waals surface area contributed by atoms with Crippen molar-refractivity contribution in [3.05, 3.63) is 35.4 Å². The molecule has 0 saturated carbocycles. The number of hydrogen-bond acceptors (Lipinski definition) is 3. The van der Waals surface area contributed by atoms with Gasteiger partial charge in [0.1, 0.15) is 0 Å². The van der Waals surface area contributed by atoms with Crippen molar-refractivity contribution in [3.63, 3.8) is 0 Å². The van der Waals surface area contributed by atoms with Crippen LogP contribution < -0.4 is 5.32 Å². The highest BCUT2D eigenvalue weighted by molar-refractivity contribution is 5.75. The van der Waals surface area contributed by atoms with E-state index < -0.39 is 0 Å². The minimum atomic E-state index is 0.0354. The maximum atomic E-state index is 11.5. The highest BCUT2D eigenvalue weighted by atomic mass is 16.5. The van der Waals surface area contributed by atoms with Crippen LogP contribution in [0.2, 0.25) is 0 Å². The van der Waals surface area contributed by atoms with E-state index in [1.165, 1.54) is 31.5 Å². The summed E-state index contributed by atoms with van der Waals surface area (Å²) < 4.78 is 4.89. The van der Waals surface area contributed by atoms with Crippen LogP contribution in [-0.4, -0.2) is 37.6 Å². The van der Waals surface area contributed by atoms with E-state index in [9.17, 15) is 4.79 Å². The van der Waals surface area contributed by atoms with Gasteiger partial charge in [0.25, 0.3) is 0 Å². The molecule has 22 heavy (non-hydrogen) atoms. The topological polar surface area (TPSA) is 41.6 Å². The van der Waals surface area contributed by atoms with Crippen molar-refractivity contribution in [2.75, 3.05) is 26.8 Å². The van der Waals surface area contributed by atoms with Crippen LogP contribution in [0.15, 0.2) is 24.3 Å². The summed E-state index contributed by atoms with van der Waals surface area (Å²) in [5.41, 5.74) is 2.49. The number of amides is 1. The lowest BCUT2D eigenvalue weighted by Gasteiger charge is -2.30. The van der Waals surface area contributed by atoms with E-state index >= 15 is 0 Å². The van der Waals surface area contributed by atoms with Crippen molar-refractivity contribution in [2.24, 2.45) is 5.92 Å². The third-order valence-electron chi connectivity index (χ3n) is 4.19. The van der Waals surface area contributed by atoms with Crippen LogP contribution in [0.4, 0.5) is 0 Å². The molecular formula is C18H28N2O2. The number of hydrogen-bond donors (Lipinski definition) is 1. The standard InChI is InChI=1S/C18H28N2O2/c1-15-4-3-10-20(13-15)14-17-7-5-16(6-8-17)12-19-18(21)9-11-22-2/h5-8,15H,3-4,9-14H2,1-2H3,(H,19,21)/t15-/m0/s1. The zero-order valence-electron chi connectivity index (χ0n) is 13.8. The normalized spacial score (nSPS) is 19.1. The van der Waals surface area contributed by atoms with Crippen LogP contribution in [0.25, 0.3) is 0 Å². The van der Waals surface area contributed by atoms with E-state index in [2.05, 4.69) is 41.4 Å². The van der Waals surface area contributed by atoms with Gasteiger partial charge in [-0.3, -0.25) is 9.69 Å². The van der Waals surface area contributed by atoms with Crippen molar-refractivity contribution in [2.45, 2.75) is 39.3 Å². The molecular weight excluding hydrogens is 276 g/mol. The molecule has 0 bridgehead atoms. The molecule has 1 atom stereocenters. The Hall–Kier alpha value is -1.39. The van der Waals surface area contributed by atoms with Gasteiger partial charge in [-0.05, 0) is 36.4 Å². The summed E-state index contributed by atoms with van der Waals surface area (Å²) in [7, 11) is 1.61. The minimum Gasteiger partial charge on any atom is -0.384 e. The van der Waals surface area contributed by atoms with Gasteiger partial charge in [0.15, 0.2) is 0 Å². The lowest BCUT2D eigenvalue weighted by Crippen LogP contribution is -2.33. The molecule has 1 aliphatic heterocycles.